The second-order valence-corrected chi connectivity index (χ2v) is 5.41. The van der Waals surface area contributed by atoms with E-state index in [-0.39, 0.29) is 5.97 Å². The van der Waals surface area contributed by atoms with Gasteiger partial charge in [0, 0.05) is 23.9 Å². The number of esters is 1. The Labute approximate surface area is 135 Å². The number of ether oxygens (including phenoxy) is 1. The van der Waals surface area contributed by atoms with Crippen molar-refractivity contribution in [1.82, 2.24) is 4.57 Å². The van der Waals surface area contributed by atoms with Crippen molar-refractivity contribution in [2.24, 2.45) is 7.05 Å². The second-order valence-electron chi connectivity index (χ2n) is 5.41. The van der Waals surface area contributed by atoms with Crippen LogP contribution in [0.2, 0.25) is 0 Å². The summed E-state index contributed by atoms with van der Waals surface area (Å²) in [4.78, 5) is 11.8. The van der Waals surface area contributed by atoms with Crippen LogP contribution >= 0.6 is 0 Å². The van der Waals surface area contributed by atoms with E-state index >= 15 is 0 Å². The molecule has 0 radical (unpaired) electrons. The Morgan fingerprint density at radius 2 is 1.96 bits per heavy atom. The van der Waals surface area contributed by atoms with Crippen LogP contribution in [0, 0.1) is 0 Å². The average Bonchev–Trinajstić information content (AvgIpc) is 2.90. The van der Waals surface area contributed by atoms with Gasteiger partial charge in [0.15, 0.2) is 0 Å². The molecule has 2 aromatic carbocycles. The van der Waals surface area contributed by atoms with Crippen LogP contribution < -0.4 is 5.32 Å². The van der Waals surface area contributed by atoms with Crippen LogP contribution in [0.15, 0.2) is 54.6 Å². The van der Waals surface area contributed by atoms with Crippen molar-refractivity contribution in [3.8, 4) is 0 Å². The van der Waals surface area contributed by atoms with Gasteiger partial charge in [0.2, 0.25) is 0 Å². The van der Waals surface area contributed by atoms with E-state index in [4.69, 9.17) is 4.74 Å². The number of nitrogens with zero attached hydrogens (tertiary/aromatic N) is 1. The highest BCUT2D eigenvalue weighted by molar-refractivity contribution is 5.90. The Morgan fingerprint density at radius 1 is 1.13 bits per heavy atom. The Bertz CT molecular complexity index is 836. The molecule has 0 aliphatic carbocycles. The van der Waals surface area contributed by atoms with Gasteiger partial charge in [-0.25, -0.2) is 4.79 Å². The van der Waals surface area contributed by atoms with Gasteiger partial charge < -0.3 is 14.6 Å². The monoisotopic (exact) mass is 308 g/mol. The molecular formula is C19H20N2O2. The molecule has 0 fully saturated rings. The number of hydrogen-bond donors (Lipinski definition) is 1. The van der Waals surface area contributed by atoms with Crippen molar-refractivity contribution in [3.05, 3.63) is 65.9 Å². The number of carbonyl (C=O) groups is 1. The highest BCUT2D eigenvalue weighted by Gasteiger charge is 2.08. The molecule has 0 amide bonds. The molecule has 0 bridgehead atoms. The number of carbonyl (C=O) groups excluding carboxylic acids is 1. The number of aromatic nitrogens is 1. The molecule has 0 aliphatic heterocycles. The van der Waals surface area contributed by atoms with Crippen LogP contribution in [0.3, 0.4) is 0 Å². The number of anilines is 1. The molecule has 4 heteroatoms. The van der Waals surface area contributed by atoms with Gasteiger partial charge >= 0.3 is 5.97 Å². The molecule has 1 aromatic heterocycles. The maximum atomic E-state index is 11.8. The van der Waals surface area contributed by atoms with Crippen molar-refractivity contribution < 1.29 is 9.53 Å². The summed E-state index contributed by atoms with van der Waals surface area (Å²) >= 11 is 0. The predicted molar refractivity (Wildman–Crippen MR) is 92.6 cm³/mol. The van der Waals surface area contributed by atoms with Gasteiger partial charge in [0.1, 0.15) is 0 Å². The van der Waals surface area contributed by atoms with E-state index in [1.165, 1.54) is 16.6 Å². The first-order chi connectivity index (χ1) is 11.2. The van der Waals surface area contributed by atoms with Gasteiger partial charge in [-0.2, -0.15) is 0 Å². The third-order valence-corrected chi connectivity index (χ3v) is 3.90. The minimum absolute atomic E-state index is 0.291. The Morgan fingerprint density at radius 3 is 2.74 bits per heavy atom. The summed E-state index contributed by atoms with van der Waals surface area (Å²) in [5.41, 5.74) is 3.87. The number of para-hydroxylation sites is 1. The molecule has 0 atom stereocenters. The van der Waals surface area contributed by atoms with E-state index in [1.54, 1.807) is 13.0 Å². The first-order valence-electron chi connectivity index (χ1n) is 7.73. The highest BCUT2D eigenvalue weighted by atomic mass is 16.5. The summed E-state index contributed by atoms with van der Waals surface area (Å²) in [5, 5.41) is 4.60. The zero-order chi connectivity index (χ0) is 16.2. The number of aryl methyl sites for hydroxylation is 1. The van der Waals surface area contributed by atoms with E-state index in [2.05, 4.69) is 35.1 Å². The SMILES string of the molecule is CCOC(=O)c1cccc(NCc2cc3ccccc3n2C)c1. The van der Waals surface area contributed by atoms with Crippen LogP contribution in [-0.4, -0.2) is 17.1 Å². The second kappa shape index (κ2) is 6.57. The van der Waals surface area contributed by atoms with Gasteiger partial charge in [-0.3, -0.25) is 0 Å². The third-order valence-electron chi connectivity index (χ3n) is 3.90. The lowest BCUT2D eigenvalue weighted by molar-refractivity contribution is 0.0526. The van der Waals surface area contributed by atoms with Crippen molar-refractivity contribution in [1.29, 1.82) is 0 Å². The summed E-state index contributed by atoms with van der Waals surface area (Å²) in [5.74, 6) is -0.291. The fourth-order valence-corrected chi connectivity index (χ4v) is 2.68. The van der Waals surface area contributed by atoms with Gasteiger partial charge in [0.25, 0.3) is 0 Å². The molecule has 0 saturated heterocycles. The molecule has 3 aromatic rings. The molecular weight excluding hydrogens is 288 g/mol. The molecule has 23 heavy (non-hydrogen) atoms. The first-order valence-corrected chi connectivity index (χ1v) is 7.73. The molecule has 1 heterocycles. The fraction of sp³-hybridized carbons (Fsp3) is 0.211. The smallest absolute Gasteiger partial charge is 0.338 e. The molecule has 0 aliphatic rings. The topological polar surface area (TPSA) is 43.3 Å². The van der Waals surface area contributed by atoms with Crippen LogP contribution in [-0.2, 0) is 18.3 Å². The summed E-state index contributed by atoms with van der Waals surface area (Å²) in [7, 11) is 2.06. The van der Waals surface area contributed by atoms with Crippen molar-refractivity contribution in [3.63, 3.8) is 0 Å². The number of hydrogen-bond acceptors (Lipinski definition) is 3. The molecule has 0 spiro atoms. The maximum Gasteiger partial charge on any atom is 0.338 e. The number of fused-ring (bicyclic) bond motifs is 1. The maximum absolute atomic E-state index is 11.8. The van der Waals surface area contributed by atoms with Gasteiger partial charge in [0.05, 0.1) is 18.7 Å². The standard InChI is InChI=1S/C19H20N2O2/c1-3-23-19(22)15-8-6-9-16(11-15)20-13-17-12-14-7-4-5-10-18(14)21(17)2/h4-12,20H,3,13H2,1-2H3. The normalized spacial score (nSPS) is 10.7. The summed E-state index contributed by atoms with van der Waals surface area (Å²) in [6.07, 6.45) is 0. The van der Waals surface area contributed by atoms with Gasteiger partial charge in [-0.05, 0) is 42.6 Å². The van der Waals surface area contributed by atoms with Gasteiger partial charge in [-0.15, -0.1) is 0 Å². The van der Waals surface area contributed by atoms with Crippen LogP contribution in [0.5, 0.6) is 0 Å². The number of rotatable bonds is 5. The van der Waals surface area contributed by atoms with Crippen LogP contribution in [0.4, 0.5) is 5.69 Å². The van der Waals surface area contributed by atoms with E-state index in [0.717, 1.165) is 5.69 Å². The van der Waals surface area contributed by atoms with E-state index in [9.17, 15) is 4.79 Å². The third kappa shape index (κ3) is 3.21. The molecule has 4 nitrogen and oxygen atoms in total. The molecule has 3 rings (SSSR count). The van der Waals surface area contributed by atoms with E-state index < -0.39 is 0 Å². The zero-order valence-corrected chi connectivity index (χ0v) is 13.4. The summed E-state index contributed by atoms with van der Waals surface area (Å²) in [6, 6.07) is 17.9. The lowest BCUT2D eigenvalue weighted by atomic mass is 10.2. The predicted octanol–water partition coefficient (Wildman–Crippen LogP) is 3.97. The lowest BCUT2D eigenvalue weighted by Gasteiger charge is -2.09. The lowest BCUT2D eigenvalue weighted by Crippen LogP contribution is -2.07. The van der Waals surface area contributed by atoms with Crippen molar-refractivity contribution >= 4 is 22.6 Å². The molecule has 0 saturated carbocycles. The Hall–Kier alpha value is -2.75. The van der Waals surface area contributed by atoms with Crippen molar-refractivity contribution in [2.45, 2.75) is 13.5 Å². The number of nitrogens with one attached hydrogen (secondary N) is 1. The number of benzene rings is 2. The molecule has 0 unspecified atom stereocenters. The molecule has 118 valence electrons. The van der Waals surface area contributed by atoms with Crippen molar-refractivity contribution in [2.75, 3.05) is 11.9 Å². The minimum atomic E-state index is -0.291. The largest absolute Gasteiger partial charge is 0.462 e. The zero-order valence-electron chi connectivity index (χ0n) is 13.4. The fourth-order valence-electron chi connectivity index (χ4n) is 2.68. The summed E-state index contributed by atoms with van der Waals surface area (Å²) < 4.78 is 7.21. The van der Waals surface area contributed by atoms with E-state index in [1.807, 2.05) is 30.3 Å². The average molecular weight is 308 g/mol. The Balaban J connectivity index is 1.76. The van der Waals surface area contributed by atoms with Crippen LogP contribution in [0.25, 0.3) is 10.9 Å². The van der Waals surface area contributed by atoms with E-state index in [0.29, 0.717) is 18.7 Å². The first kappa shape index (κ1) is 15.2. The minimum Gasteiger partial charge on any atom is -0.462 e. The van der Waals surface area contributed by atoms with Gasteiger partial charge in [-0.1, -0.05) is 24.3 Å². The summed E-state index contributed by atoms with van der Waals surface area (Å²) in [6.45, 7) is 2.88. The Kier molecular flexibility index (Phi) is 4.33. The quantitative estimate of drug-likeness (QED) is 0.725. The highest BCUT2D eigenvalue weighted by Crippen LogP contribution is 2.20. The van der Waals surface area contributed by atoms with Crippen LogP contribution in [0.1, 0.15) is 23.0 Å². The molecule has 1 N–H and O–H groups in total.